The number of nitrogens with zero attached hydrogens (tertiary/aromatic N) is 1. The number of aliphatic hydroxyl groups excluding tert-OH is 1. The second-order valence-corrected chi connectivity index (χ2v) is 7.75. The van der Waals surface area contributed by atoms with Crippen molar-refractivity contribution in [2.75, 3.05) is 26.2 Å². The van der Waals surface area contributed by atoms with E-state index in [1.165, 1.54) is 12.8 Å². The van der Waals surface area contributed by atoms with Crippen LogP contribution >= 0.6 is 0 Å². The van der Waals surface area contributed by atoms with Crippen LogP contribution in [0.3, 0.4) is 0 Å². The Morgan fingerprint density at radius 1 is 1.40 bits per heavy atom. The van der Waals surface area contributed by atoms with Crippen LogP contribution in [0.4, 0.5) is 0 Å². The van der Waals surface area contributed by atoms with Crippen molar-refractivity contribution in [3.05, 3.63) is 0 Å². The number of morpholine rings is 1. The molecule has 1 saturated carbocycles. The summed E-state index contributed by atoms with van der Waals surface area (Å²) in [6, 6.07) is 0.397. The SMILES string of the molecule is CC(C)NC(CO)(CN1CC(C)OC(C)(C)C1)C1CC1. The predicted molar refractivity (Wildman–Crippen MR) is 81.9 cm³/mol. The van der Waals surface area contributed by atoms with E-state index in [1.807, 2.05) is 0 Å². The van der Waals surface area contributed by atoms with Crippen LogP contribution in [0.5, 0.6) is 0 Å². The number of rotatable bonds is 6. The van der Waals surface area contributed by atoms with E-state index < -0.39 is 0 Å². The van der Waals surface area contributed by atoms with Gasteiger partial charge in [-0.25, -0.2) is 0 Å². The molecule has 0 spiro atoms. The first-order valence-corrected chi connectivity index (χ1v) is 8.05. The summed E-state index contributed by atoms with van der Waals surface area (Å²) < 4.78 is 5.98. The first kappa shape index (κ1) is 16.2. The van der Waals surface area contributed by atoms with Crippen LogP contribution in [0, 0.1) is 5.92 Å². The summed E-state index contributed by atoms with van der Waals surface area (Å²) in [4.78, 5) is 2.47. The summed E-state index contributed by atoms with van der Waals surface area (Å²) in [5.41, 5.74) is -0.235. The monoisotopic (exact) mass is 284 g/mol. The third-order valence-corrected chi connectivity index (χ3v) is 4.36. The van der Waals surface area contributed by atoms with Crippen molar-refractivity contribution >= 4 is 0 Å². The van der Waals surface area contributed by atoms with E-state index >= 15 is 0 Å². The lowest BCUT2D eigenvalue weighted by molar-refractivity contribution is -0.135. The van der Waals surface area contributed by atoms with E-state index in [-0.39, 0.29) is 23.9 Å². The summed E-state index contributed by atoms with van der Waals surface area (Å²) in [5, 5.41) is 13.7. The van der Waals surface area contributed by atoms with Gasteiger partial charge in [0.25, 0.3) is 0 Å². The minimum Gasteiger partial charge on any atom is -0.394 e. The molecule has 2 unspecified atom stereocenters. The van der Waals surface area contributed by atoms with Crippen LogP contribution in [-0.4, -0.2) is 59.5 Å². The highest BCUT2D eigenvalue weighted by Gasteiger charge is 2.47. The summed E-state index contributed by atoms with van der Waals surface area (Å²) >= 11 is 0. The molecule has 118 valence electrons. The first-order valence-electron chi connectivity index (χ1n) is 8.05. The molecular weight excluding hydrogens is 252 g/mol. The zero-order chi connectivity index (χ0) is 15.0. The summed E-state index contributed by atoms with van der Waals surface area (Å²) in [7, 11) is 0. The smallest absolute Gasteiger partial charge is 0.0757 e. The molecule has 1 heterocycles. The van der Waals surface area contributed by atoms with Crippen LogP contribution in [0.15, 0.2) is 0 Å². The quantitative estimate of drug-likeness (QED) is 0.778. The molecule has 2 aliphatic rings. The lowest BCUT2D eigenvalue weighted by Crippen LogP contribution is -2.63. The highest BCUT2D eigenvalue weighted by Crippen LogP contribution is 2.41. The van der Waals surface area contributed by atoms with Crippen LogP contribution in [0.2, 0.25) is 0 Å². The van der Waals surface area contributed by atoms with Gasteiger partial charge in [-0.3, -0.25) is 4.90 Å². The van der Waals surface area contributed by atoms with Crippen LogP contribution in [0.1, 0.15) is 47.5 Å². The Bertz CT molecular complexity index is 328. The Hall–Kier alpha value is -0.160. The third kappa shape index (κ3) is 3.94. The number of nitrogens with one attached hydrogen (secondary N) is 1. The van der Waals surface area contributed by atoms with E-state index in [4.69, 9.17) is 4.74 Å². The van der Waals surface area contributed by atoms with E-state index in [2.05, 4.69) is 44.8 Å². The zero-order valence-corrected chi connectivity index (χ0v) is 13.8. The first-order chi connectivity index (χ1) is 9.26. The van der Waals surface area contributed by atoms with Gasteiger partial charge < -0.3 is 15.2 Å². The summed E-state index contributed by atoms with van der Waals surface area (Å²) in [6.07, 6.45) is 2.74. The summed E-state index contributed by atoms with van der Waals surface area (Å²) in [6.45, 7) is 13.8. The van der Waals surface area contributed by atoms with E-state index in [0.29, 0.717) is 12.0 Å². The second kappa shape index (κ2) is 5.91. The van der Waals surface area contributed by atoms with Crippen molar-refractivity contribution in [2.24, 2.45) is 5.92 Å². The molecule has 0 aromatic heterocycles. The van der Waals surface area contributed by atoms with Crippen LogP contribution in [-0.2, 0) is 4.74 Å². The molecule has 2 atom stereocenters. The molecule has 1 aliphatic heterocycles. The molecule has 0 bridgehead atoms. The fourth-order valence-corrected chi connectivity index (χ4v) is 3.83. The third-order valence-electron chi connectivity index (χ3n) is 4.36. The molecule has 0 aromatic rings. The number of ether oxygens (including phenoxy) is 1. The van der Waals surface area contributed by atoms with Gasteiger partial charge in [-0.05, 0) is 39.5 Å². The molecular formula is C16H32N2O2. The Kier molecular flexibility index (Phi) is 4.80. The second-order valence-electron chi connectivity index (χ2n) is 7.75. The van der Waals surface area contributed by atoms with Gasteiger partial charge in [0.05, 0.1) is 23.9 Å². The molecule has 0 amide bonds. The molecule has 4 nitrogen and oxygen atoms in total. The minimum atomic E-state index is -0.138. The molecule has 20 heavy (non-hydrogen) atoms. The maximum absolute atomic E-state index is 10.0. The van der Waals surface area contributed by atoms with Crippen molar-refractivity contribution in [1.29, 1.82) is 0 Å². The van der Waals surface area contributed by atoms with Gasteiger partial charge in [0.2, 0.25) is 0 Å². The van der Waals surface area contributed by atoms with Gasteiger partial charge >= 0.3 is 0 Å². The molecule has 2 N–H and O–H groups in total. The Balaban J connectivity index is 2.07. The molecule has 4 heteroatoms. The minimum absolute atomic E-state index is 0.0970. The lowest BCUT2D eigenvalue weighted by atomic mass is 9.91. The molecule has 1 aliphatic carbocycles. The average Bonchev–Trinajstić information content (AvgIpc) is 3.08. The van der Waals surface area contributed by atoms with Crippen LogP contribution in [0.25, 0.3) is 0 Å². The fourth-order valence-electron chi connectivity index (χ4n) is 3.83. The van der Waals surface area contributed by atoms with E-state index in [0.717, 1.165) is 19.6 Å². The van der Waals surface area contributed by atoms with Crippen molar-refractivity contribution in [3.8, 4) is 0 Å². The molecule has 1 saturated heterocycles. The fraction of sp³-hybridized carbons (Fsp3) is 1.00. The van der Waals surface area contributed by atoms with Crippen molar-refractivity contribution in [2.45, 2.75) is 70.7 Å². The van der Waals surface area contributed by atoms with Crippen molar-refractivity contribution in [3.63, 3.8) is 0 Å². The summed E-state index contributed by atoms with van der Waals surface area (Å²) in [5.74, 6) is 0.621. The average molecular weight is 284 g/mol. The zero-order valence-electron chi connectivity index (χ0n) is 13.8. The van der Waals surface area contributed by atoms with Crippen molar-refractivity contribution in [1.82, 2.24) is 10.2 Å². The molecule has 0 radical (unpaired) electrons. The van der Waals surface area contributed by atoms with Gasteiger partial charge in [-0.15, -0.1) is 0 Å². The van der Waals surface area contributed by atoms with Gasteiger partial charge in [0.15, 0.2) is 0 Å². The maximum atomic E-state index is 10.0. The Morgan fingerprint density at radius 2 is 2.05 bits per heavy atom. The van der Waals surface area contributed by atoms with Crippen molar-refractivity contribution < 1.29 is 9.84 Å². The maximum Gasteiger partial charge on any atom is 0.0757 e. The number of hydrogen-bond donors (Lipinski definition) is 2. The highest BCUT2D eigenvalue weighted by molar-refractivity contribution is 5.04. The number of aliphatic hydroxyl groups is 1. The Labute approximate surface area is 123 Å². The predicted octanol–water partition coefficient (Wildman–Crippen LogP) is 1.62. The van der Waals surface area contributed by atoms with Gasteiger partial charge in [0.1, 0.15) is 0 Å². The standard InChI is InChI=1S/C16H32N2O2/c1-12(2)17-16(11-19,14-6-7-14)10-18-8-13(3)20-15(4,5)9-18/h12-14,17,19H,6-11H2,1-5H3. The van der Waals surface area contributed by atoms with Gasteiger partial charge in [-0.1, -0.05) is 13.8 Å². The molecule has 2 fully saturated rings. The molecule has 0 aromatic carbocycles. The van der Waals surface area contributed by atoms with Gasteiger partial charge in [0, 0.05) is 25.7 Å². The Morgan fingerprint density at radius 3 is 2.50 bits per heavy atom. The van der Waals surface area contributed by atoms with E-state index in [1.54, 1.807) is 0 Å². The van der Waals surface area contributed by atoms with Gasteiger partial charge in [-0.2, -0.15) is 0 Å². The molecule has 2 rings (SSSR count). The van der Waals surface area contributed by atoms with Crippen LogP contribution < -0.4 is 5.32 Å². The largest absolute Gasteiger partial charge is 0.394 e. The topological polar surface area (TPSA) is 44.7 Å². The highest BCUT2D eigenvalue weighted by atomic mass is 16.5. The van der Waals surface area contributed by atoms with E-state index in [9.17, 15) is 5.11 Å². The normalized spacial score (nSPS) is 30.4. The number of hydrogen-bond acceptors (Lipinski definition) is 4. The lowest BCUT2D eigenvalue weighted by Gasteiger charge is -2.46.